The number of piperidine rings is 1. The molecule has 1 aromatic heterocycles. The van der Waals surface area contributed by atoms with E-state index in [1.54, 1.807) is 41.8 Å². The molecule has 2 aromatic carbocycles. The smallest absolute Gasteiger partial charge is 0.271 e. The lowest BCUT2D eigenvalue weighted by atomic mass is 10.1. The zero-order valence-corrected chi connectivity index (χ0v) is 18.0. The summed E-state index contributed by atoms with van der Waals surface area (Å²) >= 11 is 1.14. The Morgan fingerprint density at radius 3 is 2.50 bits per heavy atom. The van der Waals surface area contributed by atoms with Gasteiger partial charge in [0.15, 0.2) is 0 Å². The van der Waals surface area contributed by atoms with Crippen LogP contribution in [0.3, 0.4) is 0 Å². The van der Waals surface area contributed by atoms with Crippen molar-refractivity contribution in [3.05, 3.63) is 71.6 Å². The maximum Gasteiger partial charge on any atom is 0.271 e. The van der Waals surface area contributed by atoms with E-state index in [-0.39, 0.29) is 10.1 Å². The summed E-state index contributed by atoms with van der Waals surface area (Å²) < 4.78 is 27.7. The number of benzene rings is 2. The summed E-state index contributed by atoms with van der Waals surface area (Å²) in [7, 11) is -3.66. The van der Waals surface area contributed by atoms with Crippen LogP contribution < -0.4 is 14.9 Å². The number of hydrogen-bond donors (Lipinski definition) is 2. The second-order valence-electron chi connectivity index (χ2n) is 7.14. The van der Waals surface area contributed by atoms with Crippen LogP contribution in [0.1, 0.15) is 29.6 Å². The predicted octanol–water partition coefficient (Wildman–Crippen LogP) is 4.79. The normalized spacial score (nSPS) is 14.3. The van der Waals surface area contributed by atoms with Gasteiger partial charge in [-0.05, 0) is 61.0 Å². The number of para-hydroxylation sites is 2. The molecule has 0 unspecified atom stereocenters. The van der Waals surface area contributed by atoms with Gasteiger partial charge in [0, 0.05) is 24.3 Å². The van der Waals surface area contributed by atoms with Gasteiger partial charge in [-0.3, -0.25) is 9.52 Å². The molecule has 0 atom stereocenters. The molecule has 1 saturated heterocycles. The van der Waals surface area contributed by atoms with Gasteiger partial charge in [0.05, 0.1) is 11.4 Å². The van der Waals surface area contributed by atoms with Crippen molar-refractivity contribution < 1.29 is 13.2 Å². The van der Waals surface area contributed by atoms with E-state index >= 15 is 0 Å². The SMILES string of the molecule is O=C(Nc1ccccc1N1CCCCC1)c1cccc(NS(=O)(=O)c2cccs2)c1. The first-order chi connectivity index (χ1) is 14.5. The fourth-order valence-corrected chi connectivity index (χ4v) is 5.57. The Kier molecular flexibility index (Phi) is 6.06. The van der Waals surface area contributed by atoms with Gasteiger partial charge in [-0.2, -0.15) is 0 Å². The number of amides is 1. The summed E-state index contributed by atoms with van der Waals surface area (Å²) in [5, 5.41) is 4.69. The van der Waals surface area contributed by atoms with Gasteiger partial charge in [-0.1, -0.05) is 24.3 Å². The van der Waals surface area contributed by atoms with E-state index in [1.807, 2.05) is 24.3 Å². The fraction of sp³-hybridized carbons (Fsp3) is 0.227. The molecule has 3 aromatic rings. The molecule has 2 heterocycles. The summed E-state index contributed by atoms with van der Waals surface area (Å²) in [4.78, 5) is 15.2. The number of nitrogens with zero attached hydrogens (tertiary/aromatic N) is 1. The second-order valence-corrected chi connectivity index (χ2v) is 9.99. The Balaban J connectivity index is 1.52. The van der Waals surface area contributed by atoms with E-state index in [2.05, 4.69) is 14.9 Å². The summed E-state index contributed by atoms with van der Waals surface area (Å²) in [6.45, 7) is 1.96. The van der Waals surface area contributed by atoms with Gasteiger partial charge in [0.1, 0.15) is 4.21 Å². The molecule has 1 aliphatic rings. The lowest BCUT2D eigenvalue weighted by Gasteiger charge is -2.30. The molecule has 30 heavy (non-hydrogen) atoms. The highest BCUT2D eigenvalue weighted by molar-refractivity contribution is 7.94. The van der Waals surface area contributed by atoms with Gasteiger partial charge in [0.2, 0.25) is 0 Å². The summed E-state index contributed by atoms with van der Waals surface area (Å²) in [6.07, 6.45) is 3.53. The molecule has 6 nitrogen and oxygen atoms in total. The molecule has 8 heteroatoms. The monoisotopic (exact) mass is 441 g/mol. The van der Waals surface area contributed by atoms with Crippen LogP contribution in [0, 0.1) is 0 Å². The van der Waals surface area contributed by atoms with Crippen LogP contribution in [0.4, 0.5) is 17.1 Å². The first-order valence-electron chi connectivity index (χ1n) is 9.85. The lowest BCUT2D eigenvalue weighted by molar-refractivity contribution is 0.102. The van der Waals surface area contributed by atoms with Crippen molar-refractivity contribution in [2.75, 3.05) is 28.0 Å². The lowest BCUT2D eigenvalue weighted by Crippen LogP contribution is -2.30. The van der Waals surface area contributed by atoms with Gasteiger partial charge >= 0.3 is 0 Å². The number of rotatable bonds is 6. The van der Waals surface area contributed by atoms with Crippen LogP contribution in [0.5, 0.6) is 0 Å². The molecule has 4 rings (SSSR count). The molecule has 0 radical (unpaired) electrons. The van der Waals surface area contributed by atoms with Crippen molar-refractivity contribution in [1.82, 2.24) is 0 Å². The summed E-state index contributed by atoms with van der Waals surface area (Å²) in [5.74, 6) is -0.281. The molecule has 1 aliphatic heterocycles. The van der Waals surface area contributed by atoms with Crippen molar-refractivity contribution in [2.45, 2.75) is 23.5 Å². The highest BCUT2D eigenvalue weighted by Gasteiger charge is 2.18. The van der Waals surface area contributed by atoms with E-state index in [9.17, 15) is 13.2 Å². The van der Waals surface area contributed by atoms with Crippen molar-refractivity contribution in [1.29, 1.82) is 0 Å². The zero-order valence-electron chi connectivity index (χ0n) is 16.4. The molecule has 0 bridgehead atoms. The van der Waals surface area contributed by atoms with E-state index in [1.165, 1.54) is 6.42 Å². The number of anilines is 3. The zero-order chi connectivity index (χ0) is 21.0. The van der Waals surface area contributed by atoms with E-state index in [0.717, 1.165) is 48.6 Å². The minimum absolute atomic E-state index is 0.229. The summed E-state index contributed by atoms with van der Waals surface area (Å²) in [5.41, 5.74) is 2.50. The molecular formula is C22H23N3O3S2. The van der Waals surface area contributed by atoms with Crippen LogP contribution in [0.15, 0.2) is 70.3 Å². The van der Waals surface area contributed by atoms with E-state index in [4.69, 9.17) is 0 Å². The highest BCUT2D eigenvalue weighted by atomic mass is 32.2. The third kappa shape index (κ3) is 4.66. The summed E-state index contributed by atoms with van der Waals surface area (Å²) in [6, 6.07) is 17.5. The molecule has 0 saturated carbocycles. The highest BCUT2D eigenvalue weighted by Crippen LogP contribution is 2.29. The average molecular weight is 442 g/mol. The first-order valence-corrected chi connectivity index (χ1v) is 12.2. The minimum Gasteiger partial charge on any atom is -0.370 e. The number of carbonyl (C=O) groups excluding carboxylic acids is 1. The Morgan fingerprint density at radius 2 is 1.73 bits per heavy atom. The van der Waals surface area contributed by atoms with Gasteiger partial charge < -0.3 is 10.2 Å². The topological polar surface area (TPSA) is 78.5 Å². The molecule has 0 aliphatic carbocycles. The Morgan fingerprint density at radius 1 is 0.933 bits per heavy atom. The van der Waals surface area contributed by atoms with E-state index < -0.39 is 10.0 Å². The van der Waals surface area contributed by atoms with Crippen molar-refractivity contribution >= 4 is 44.3 Å². The Bertz CT molecular complexity index is 1120. The molecule has 1 fully saturated rings. The number of sulfonamides is 1. The molecular weight excluding hydrogens is 418 g/mol. The maximum absolute atomic E-state index is 12.9. The Hall–Kier alpha value is -2.84. The molecule has 156 valence electrons. The van der Waals surface area contributed by atoms with Gasteiger partial charge in [0.25, 0.3) is 15.9 Å². The van der Waals surface area contributed by atoms with Crippen LogP contribution in [-0.4, -0.2) is 27.4 Å². The molecule has 2 N–H and O–H groups in total. The van der Waals surface area contributed by atoms with Gasteiger partial charge in [-0.25, -0.2) is 8.42 Å². The number of nitrogens with one attached hydrogen (secondary N) is 2. The third-order valence-electron chi connectivity index (χ3n) is 4.99. The predicted molar refractivity (Wildman–Crippen MR) is 122 cm³/mol. The van der Waals surface area contributed by atoms with Crippen molar-refractivity contribution in [2.24, 2.45) is 0 Å². The number of thiophene rings is 1. The van der Waals surface area contributed by atoms with Crippen LogP contribution >= 0.6 is 11.3 Å². The number of hydrogen-bond acceptors (Lipinski definition) is 5. The van der Waals surface area contributed by atoms with Crippen LogP contribution in [-0.2, 0) is 10.0 Å². The third-order valence-corrected chi connectivity index (χ3v) is 7.76. The maximum atomic E-state index is 12.9. The Labute approximate surface area is 180 Å². The van der Waals surface area contributed by atoms with Crippen LogP contribution in [0.25, 0.3) is 0 Å². The molecule has 1 amide bonds. The first kappa shape index (κ1) is 20.4. The van der Waals surface area contributed by atoms with E-state index in [0.29, 0.717) is 11.3 Å². The minimum atomic E-state index is -3.66. The second kappa shape index (κ2) is 8.89. The van der Waals surface area contributed by atoms with Gasteiger partial charge in [-0.15, -0.1) is 11.3 Å². The standard InChI is InChI=1S/C22H23N3O3S2/c26-22(23-19-10-2-3-11-20(19)25-13-4-1-5-14-25)17-8-6-9-18(16-17)24-30(27,28)21-12-7-15-29-21/h2-3,6-12,15-16,24H,1,4-5,13-14H2,(H,23,26). The molecule has 0 spiro atoms. The van der Waals surface area contributed by atoms with Crippen molar-refractivity contribution in [3.63, 3.8) is 0 Å². The van der Waals surface area contributed by atoms with Crippen molar-refractivity contribution in [3.8, 4) is 0 Å². The number of carbonyl (C=O) groups is 1. The average Bonchev–Trinajstić information content (AvgIpc) is 3.31. The fourth-order valence-electron chi connectivity index (χ4n) is 3.53. The van der Waals surface area contributed by atoms with Crippen LogP contribution in [0.2, 0.25) is 0 Å². The largest absolute Gasteiger partial charge is 0.370 e. The quantitative estimate of drug-likeness (QED) is 0.576.